The largest absolute Gasteiger partial charge is 0.296 e. The third-order valence-electron chi connectivity index (χ3n) is 3.17. The lowest BCUT2D eigenvalue weighted by molar-refractivity contribution is 0.111. The van der Waals surface area contributed by atoms with Crippen LogP contribution in [0.4, 0.5) is 0 Å². The van der Waals surface area contributed by atoms with Gasteiger partial charge in [-0.05, 0) is 24.7 Å². The van der Waals surface area contributed by atoms with Gasteiger partial charge in [0.05, 0.1) is 6.20 Å². The van der Waals surface area contributed by atoms with Crippen molar-refractivity contribution in [3.05, 3.63) is 11.9 Å². The Kier molecular flexibility index (Phi) is 3.14. The molecule has 0 aromatic carbocycles. The van der Waals surface area contributed by atoms with E-state index in [1.807, 2.05) is 0 Å². The first-order chi connectivity index (χ1) is 7.28. The summed E-state index contributed by atoms with van der Waals surface area (Å²) >= 11 is 0. The van der Waals surface area contributed by atoms with Crippen molar-refractivity contribution in [1.29, 1.82) is 0 Å². The predicted octanol–water partition coefficient (Wildman–Crippen LogP) is 1.92. The van der Waals surface area contributed by atoms with Crippen molar-refractivity contribution < 1.29 is 4.79 Å². The second-order valence-corrected chi connectivity index (χ2v) is 4.62. The number of nitrogens with zero attached hydrogens (tertiary/aromatic N) is 3. The molecule has 1 aromatic heterocycles. The Labute approximate surface area is 89.7 Å². The second-order valence-electron chi connectivity index (χ2n) is 4.62. The summed E-state index contributed by atoms with van der Waals surface area (Å²) in [5.74, 6) is 1.53. The smallest absolute Gasteiger partial charge is 0.171 e. The van der Waals surface area contributed by atoms with E-state index >= 15 is 0 Å². The highest BCUT2D eigenvalue weighted by atomic mass is 16.1. The van der Waals surface area contributed by atoms with E-state index in [4.69, 9.17) is 0 Å². The van der Waals surface area contributed by atoms with E-state index < -0.39 is 0 Å². The van der Waals surface area contributed by atoms with Gasteiger partial charge in [-0.2, -0.15) is 0 Å². The van der Waals surface area contributed by atoms with Gasteiger partial charge in [0.15, 0.2) is 6.29 Å². The fourth-order valence-corrected chi connectivity index (χ4v) is 2.45. The molecule has 1 aromatic rings. The van der Waals surface area contributed by atoms with Crippen LogP contribution in [0.15, 0.2) is 6.20 Å². The summed E-state index contributed by atoms with van der Waals surface area (Å²) in [4.78, 5) is 10.4. The minimum Gasteiger partial charge on any atom is -0.296 e. The van der Waals surface area contributed by atoms with Crippen molar-refractivity contribution >= 4 is 6.29 Å². The monoisotopic (exact) mass is 207 g/mol. The van der Waals surface area contributed by atoms with E-state index in [-0.39, 0.29) is 0 Å². The lowest BCUT2D eigenvalue weighted by Crippen LogP contribution is -2.18. The quantitative estimate of drug-likeness (QED) is 0.711. The van der Waals surface area contributed by atoms with Crippen LogP contribution in [0.25, 0.3) is 0 Å². The number of carbonyl (C=O) groups excluding carboxylic acids is 1. The van der Waals surface area contributed by atoms with Crippen LogP contribution in [0.2, 0.25) is 0 Å². The zero-order valence-corrected chi connectivity index (χ0v) is 9.09. The molecule has 0 aliphatic heterocycles. The summed E-state index contributed by atoms with van der Waals surface area (Å²) in [7, 11) is 0. The second kappa shape index (κ2) is 4.55. The molecule has 0 radical (unpaired) electrons. The van der Waals surface area contributed by atoms with Gasteiger partial charge in [0.25, 0.3) is 0 Å². The van der Waals surface area contributed by atoms with E-state index in [0.29, 0.717) is 11.6 Å². The maximum atomic E-state index is 10.4. The van der Waals surface area contributed by atoms with Gasteiger partial charge in [-0.15, -0.1) is 5.10 Å². The van der Waals surface area contributed by atoms with Gasteiger partial charge in [0.1, 0.15) is 5.69 Å². The molecular formula is C11H17N3O. The first-order valence-corrected chi connectivity index (χ1v) is 5.63. The topological polar surface area (TPSA) is 47.8 Å². The summed E-state index contributed by atoms with van der Waals surface area (Å²) in [5, 5.41) is 7.71. The molecule has 1 heterocycles. The molecule has 0 amide bonds. The predicted molar refractivity (Wildman–Crippen MR) is 56.5 cm³/mol. The maximum Gasteiger partial charge on any atom is 0.171 e. The number of hydrogen-bond acceptors (Lipinski definition) is 3. The van der Waals surface area contributed by atoms with E-state index in [9.17, 15) is 4.79 Å². The Balaban J connectivity index is 1.92. The molecular weight excluding hydrogens is 190 g/mol. The standard InChI is InChI=1S/C11H17N3O/c1-9-3-2-4-10(5-9)6-14-7-11(8-15)12-13-14/h7-10H,2-6H2,1H3. The van der Waals surface area contributed by atoms with Crippen LogP contribution in [0.5, 0.6) is 0 Å². The van der Waals surface area contributed by atoms with E-state index in [1.165, 1.54) is 25.7 Å². The first-order valence-electron chi connectivity index (χ1n) is 5.63. The third-order valence-corrected chi connectivity index (χ3v) is 3.17. The summed E-state index contributed by atoms with van der Waals surface area (Å²) in [6.07, 6.45) is 7.70. The van der Waals surface area contributed by atoms with Gasteiger partial charge in [0.2, 0.25) is 0 Å². The highest BCUT2D eigenvalue weighted by molar-refractivity contribution is 5.70. The minimum atomic E-state index is 0.429. The summed E-state index contributed by atoms with van der Waals surface area (Å²) in [5.41, 5.74) is 0.429. The van der Waals surface area contributed by atoms with Gasteiger partial charge in [-0.3, -0.25) is 9.48 Å². The number of aromatic nitrogens is 3. The zero-order valence-electron chi connectivity index (χ0n) is 9.09. The molecule has 2 atom stereocenters. The fourth-order valence-electron chi connectivity index (χ4n) is 2.45. The van der Waals surface area contributed by atoms with Gasteiger partial charge >= 0.3 is 0 Å². The summed E-state index contributed by atoms with van der Waals surface area (Å²) < 4.78 is 1.80. The van der Waals surface area contributed by atoms with Gasteiger partial charge < -0.3 is 0 Å². The van der Waals surface area contributed by atoms with Gasteiger partial charge in [0, 0.05) is 6.54 Å². The van der Waals surface area contributed by atoms with Crippen LogP contribution in [0, 0.1) is 11.8 Å². The highest BCUT2D eigenvalue weighted by Gasteiger charge is 2.19. The van der Waals surface area contributed by atoms with Crippen LogP contribution in [-0.2, 0) is 6.54 Å². The number of carbonyl (C=O) groups is 1. The molecule has 1 fully saturated rings. The Morgan fingerprint density at radius 1 is 1.60 bits per heavy atom. The third kappa shape index (κ3) is 2.64. The average molecular weight is 207 g/mol. The molecule has 2 unspecified atom stereocenters. The van der Waals surface area contributed by atoms with Crippen LogP contribution in [-0.4, -0.2) is 21.3 Å². The van der Waals surface area contributed by atoms with Crippen LogP contribution in [0.3, 0.4) is 0 Å². The van der Waals surface area contributed by atoms with E-state index in [1.54, 1.807) is 10.9 Å². The Hall–Kier alpha value is -1.19. The molecule has 0 saturated heterocycles. The lowest BCUT2D eigenvalue weighted by Gasteiger charge is -2.26. The van der Waals surface area contributed by atoms with Crippen LogP contribution in [0.1, 0.15) is 43.1 Å². The van der Waals surface area contributed by atoms with Crippen LogP contribution >= 0.6 is 0 Å². The molecule has 82 valence electrons. The summed E-state index contributed by atoms with van der Waals surface area (Å²) in [6.45, 7) is 3.22. The van der Waals surface area contributed by atoms with Crippen molar-refractivity contribution in [1.82, 2.24) is 15.0 Å². The molecule has 15 heavy (non-hydrogen) atoms. The van der Waals surface area contributed by atoms with Crippen LogP contribution < -0.4 is 0 Å². The number of hydrogen-bond donors (Lipinski definition) is 0. The Morgan fingerprint density at radius 2 is 2.47 bits per heavy atom. The fraction of sp³-hybridized carbons (Fsp3) is 0.727. The molecule has 4 nitrogen and oxygen atoms in total. The van der Waals surface area contributed by atoms with Crippen molar-refractivity contribution in [2.75, 3.05) is 0 Å². The average Bonchev–Trinajstić information content (AvgIpc) is 2.65. The minimum absolute atomic E-state index is 0.429. The van der Waals surface area contributed by atoms with Gasteiger partial charge in [-0.25, -0.2) is 0 Å². The van der Waals surface area contributed by atoms with Crippen molar-refractivity contribution in [2.24, 2.45) is 11.8 Å². The van der Waals surface area contributed by atoms with Crippen molar-refractivity contribution in [3.63, 3.8) is 0 Å². The summed E-state index contributed by atoms with van der Waals surface area (Å²) in [6, 6.07) is 0. The van der Waals surface area contributed by atoms with Crippen molar-refractivity contribution in [2.45, 2.75) is 39.2 Å². The zero-order chi connectivity index (χ0) is 10.7. The van der Waals surface area contributed by atoms with E-state index in [2.05, 4.69) is 17.2 Å². The maximum absolute atomic E-state index is 10.4. The first kappa shape index (κ1) is 10.3. The molecule has 2 rings (SSSR count). The molecule has 1 aliphatic rings. The van der Waals surface area contributed by atoms with Crippen molar-refractivity contribution in [3.8, 4) is 0 Å². The van der Waals surface area contributed by atoms with E-state index in [0.717, 1.165) is 18.7 Å². The molecule has 0 bridgehead atoms. The molecule has 0 N–H and O–H groups in total. The lowest BCUT2D eigenvalue weighted by atomic mass is 9.82. The number of rotatable bonds is 3. The van der Waals surface area contributed by atoms with Gasteiger partial charge in [-0.1, -0.05) is 25.0 Å². The highest BCUT2D eigenvalue weighted by Crippen LogP contribution is 2.29. The molecule has 0 spiro atoms. The normalized spacial score (nSPS) is 26.5. The Morgan fingerprint density at radius 3 is 3.13 bits per heavy atom. The molecule has 1 aliphatic carbocycles. The number of aldehydes is 1. The Bertz CT molecular complexity index is 334. The molecule has 1 saturated carbocycles. The molecule has 4 heteroatoms. The SMILES string of the molecule is CC1CCCC(Cn2cc(C=O)nn2)C1.